The molecule has 29 heteroatoms. The molecule has 9 atom stereocenters. The first-order chi connectivity index (χ1) is 26.9. The fraction of sp³-hybridized carbons (Fsp3) is 0.724. The maximum Gasteiger partial charge on any atom is 0.481 e. The molecule has 25 nitrogen and oxygen atoms in total. The summed E-state index contributed by atoms with van der Waals surface area (Å²) in [6.07, 6.45) is -6.01. The van der Waals surface area contributed by atoms with Crippen molar-refractivity contribution in [2.45, 2.75) is 90.1 Å². The molecular weight excluding hydrogens is 859 g/mol. The highest BCUT2D eigenvalue weighted by Gasteiger charge is 2.50. The highest BCUT2D eigenvalue weighted by Crippen LogP contribution is 2.61. The van der Waals surface area contributed by atoms with Gasteiger partial charge in [0, 0.05) is 30.7 Å². The van der Waals surface area contributed by atoms with E-state index in [4.69, 9.17) is 19.5 Å². The molecule has 3 rings (SSSR count). The smallest absolute Gasteiger partial charge is 0.392 e. The standard InChI is InChI=1S/C29H50N7O18P3S/c1-5-7-16(17(37)6-2)28(42)58-11-10-31-19(38)8-9-32-26(41)23(40)29(3,4)13-51-57(48,49)54-56(46,47)50-12-18-22(53-55(43,44)45)21(39)27(52-18)36-15-35-20-24(30)33-14-34-25(20)36/h14-18,21-23,27,37,39-40H,5-13H2,1-4H3,(H,31,38)(H,32,41)(H,46,47)(H,48,49)(H2,30,33,34)(H2,43,44,45). The van der Waals surface area contributed by atoms with Crippen molar-refractivity contribution in [3.8, 4) is 0 Å². The molecule has 0 aliphatic carbocycles. The van der Waals surface area contributed by atoms with Crippen molar-refractivity contribution in [3.63, 3.8) is 0 Å². The van der Waals surface area contributed by atoms with E-state index in [2.05, 4.69) is 34.4 Å². The molecule has 58 heavy (non-hydrogen) atoms. The predicted octanol–water partition coefficient (Wildman–Crippen LogP) is -0.148. The molecule has 3 heterocycles. The summed E-state index contributed by atoms with van der Waals surface area (Å²) >= 11 is 1.00. The fourth-order valence-corrected chi connectivity index (χ4v) is 9.18. The highest BCUT2D eigenvalue weighted by molar-refractivity contribution is 8.13. The minimum atomic E-state index is -5.58. The average Bonchev–Trinajstić information content (AvgIpc) is 3.69. The molecule has 2 amide bonds. The number of amides is 2. The van der Waals surface area contributed by atoms with Gasteiger partial charge in [0.2, 0.25) is 11.8 Å². The Morgan fingerprint density at radius 3 is 2.34 bits per heavy atom. The van der Waals surface area contributed by atoms with Crippen LogP contribution in [-0.2, 0) is 50.7 Å². The highest BCUT2D eigenvalue weighted by atomic mass is 32.2. The van der Waals surface area contributed by atoms with E-state index in [0.29, 0.717) is 12.8 Å². The molecule has 2 aromatic heterocycles. The number of nitrogens with two attached hydrogens (primary N) is 1. The Morgan fingerprint density at radius 1 is 1.03 bits per heavy atom. The number of ether oxygens (including phenoxy) is 1. The van der Waals surface area contributed by atoms with Gasteiger partial charge >= 0.3 is 23.5 Å². The van der Waals surface area contributed by atoms with Crippen LogP contribution >= 0.6 is 35.2 Å². The van der Waals surface area contributed by atoms with Gasteiger partial charge in [0.1, 0.15) is 36.3 Å². The number of phosphoric acid groups is 3. The summed E-state index contributed by atoms with van der Waals surface area (Å²) in [6.45, 7) is 4.07. The number of thioether (sulfide) groups is 1. The van der Waals surface area contributed by atoms with Gasteiger partial charge in [0.05, 0.1) is 31.6 Å². The number of anilines is 1. The molecule has 0 spiro atoms. The zero-order chi connectivity index (χ0) is 43.6. The van der Waals surface area contributed by atoms with Gasteiger partial charge in [0.25, 0.3) is 0 Å². The number of phosphoric ester groups is 3. The predicted molar refractivity (Wildman–Crippen MR) is 202 cm³/mol. The number of fused-ring (bicyclic) bond motifs is 1. The number of hydrogen-bond acceptors (Lipinski definition) is 19. The molecule has 1 aliphatic heterocycles. The molecule has 0 radical (unpaired) electrons. The molecule has 1 fully saturated rings. The van der Waals surface area contributed by atoms with E-state index in [1.807, 2.05) is 6.92 Å². The lowest BCUT2D eigenvalue weighted by Gasteiger charge is -2.30. The molecule has 9 unspecified atom stereocenters. The van der Waals surface area contributed by atoms with E-state index >= 15 is 0 Å². The number of carbonyl (C=O) groups is 3. The monoisotopic (exact) mass is 909 g/mol. The molecule has 0 saturated carbocycles. The molecule has 330 valence electrons. The van der Waals surface area contributed by atoms with Gasteiger partial charge in [-0.05, 0) is 12.8 Å². The zero-order valence-corrected chi connectivity index (χ0v) is 35.3. The summed E-state index contributed by atoms with van der Waals surface area (Å²) in [6, 6.07) is 0. The summed E-state index contributed by atoms with van der Waals surface area (Å²) in [7, 11) is -16.4. The van der Waals surface area contributed by atoms with E-state index in [1.165, 1.54) is 13.8 Å². The van der Waals surface area contributed by atoms with Crippen molar-refractivity contribution in [1.29, 1.82) is 0 Å². The second-order valence-electron chi connectivity index (χ2n) is 13.6. The first-order valence-corrected chi connectivity index (χ1v) is 23.2. The van der Waals surface area contributed by atoms with Crippen LogP contribution < -0.4 is 16.4 Å². The summed E-state index contributed by atoms with van der Waals surface area (Å²) in [5.41, 5.74) is 4.24. The zero-order valence-electron chi connectivity index (χ0n) is 31.8. The van der Waals surface area contributed by atoms with Gasteiger partial charge in [-0.25, -0.2) is 28.6 Å². The van der Waals surface area contributed by atoms with Crippen molar-refractivity contribution < 1.29 is 85.6 Å². The van der Waals surface area contributed by atoms with Gasteiger partial charge in [-0.2, -0.15) is 4.31 Å². The maximum atomic E-state index is 12.7. The van der Waals surface area contributed by atoms with E-state index in [9.17, 15) is 63.0 Å². The van der Waals surface area contributed by atoms with Crippen LogP contribution in [0.3, 0.4) is 0 Å². The number of nitrogens with zero attached hydrogens (tertiary/aromatic N) is 4. The lowest BCUT2D eigenvalue weighted by molar-refractivity contribution is -0.137. The van der Waals surface area contributed by atoms with Crippen molar-refractivity contribution >= 4 is 69.1 Å². The third kappa shape index (κ3) is 14.6. The number of aliphatic hydroxyl groups excluding tert-OH is 3. The normalized spacial score (nSPS) is 22.5. The number of imidazole rings is 1. The minimum absolute atomic E-state index is 0.0265. The number of rotatable bonds is 24. The number of aromatic nitrogens is 4. The number of aliphatic hydroxyl groups is 3. The SMILES string of the molecule is CCCC(C(=O)SCCNC(=O)CCNC(=O)C(O)C(C)(C)COP(=O)(O)OP(=O)(O)OCC1OC(n2cnc3c(N)ncnc32)C(O)C1OP(=O)(O)O)C(O)CC. The lowest BCUT2D eigenvalue weighted by atomic mass is 9.87. The van der Waals surface area contributed by atoms with Crippen LogP contribution in [0.5, 0.6) is 0 Å². The lowest BCUT2D eigenvalue weighted by Crippen LogP contribution is -2.46. The molecule has 1 saturated heterocycles. The Hall–Kier alpha value is -2.48. The van der Waals surface area contributed by atoms with Crippen molar-refractivity contribution in [1.82, 2.24) is 30.2 Å². The summed E-state index contributed by atoms with van der Waals surface area (Å²) in [5, 5.41) is 36.3. The van der Waals surface area contributed by atoms with Gasteiger partial charge < -0.3 is 56.0 Å². The largest absolute Gasteiger partial charge is 0.481 e. The molecule has 0 aromatic carbocycles. The number of nitrogen functional groups attached to an aromatic ring is 1. The van der Waals surface area contributed by atoms with Crippen molar-refractivity contribution in [2.24, 2.45) is 11.3 Å². The van der Waals surface area contributed by atoms with Crippen LogP contribution in [-0.4, -0.2) is 134 Å². The molecular formula is C29H50N7O18P3S. The molecule has 11 N–H and O–H groups in total. The molecule has 0 bridgehead atoms. The van der Waals surface area contributed by atoms with Gasteiger partial charge in [-0.1, -0.05) is 45.9 Å². The van der Waals surface area contributed by atoms with Crippen molar-refractivity contribution in [3.05, 3.63) is 12.7 Å². The third-order valence-electron chi connectivity index (χ3n) is 8.53. The Kier molecular flexibility index (Phi) is 18.4. The summed E-state index contributed by atoms with van der Waals surface area (Å²) < 4.78 is 62.2. The summed E-state index contributed by atoms with van der Waals surface area (Å²) in [5.74, 6) is -1.73. The molecule has 2 aromatic rings. The van der Waals surface area contributed by atoms with Crippen molar-refractivity contribution in [2.75, 3.05) is 37.8 Å². The Balaban J connectivity index is 1.48. The number of hydrogen-bond donors (Lipinski definition) is 10. The van der Waals surface area contributed by atoms with E-state index in [1.54, 1.807) is 6.92 Å². The van der Waals surface area contributed by atoms with Crippen LogP contribution in [0.15, 0.2) is 12.7 Å². The Bertz CT molecular complexity index is 1870. The Morgan fingerprint density at radius 2 is 1.71 bits per heavy atom. The third-order valence-corrected chi connectivity index (χ3v) is 12.6. The van der Waals surface area contributed by atoms with Gasteiger partial charge in [0.15, 0.2) is 22.8 Å². The first-order valence-electron chi connectivity index (χ1n) is 17.7. The second-order valence-corrected chi connectivity index (χ2v) is 18.9. The number of carbonyl (C=O) groups excluding carboxylic acids is 3. The van der Waals surface area contributed by atoms with E-state index < -0.39 is 96.6 Å². The van der Waals surface area contributed by atoms with Crippen LogP contribution in [0.25, 0.3) is 11.2 Å². The first kappa shape index (κ1) is 49.9. The quantitative estimate of drug-likeness (QED) is 0.0483. The van der Waals surface area contributed by atoms with Gasteiger partial charge in [-0.15, -0.1) is 0 Å². The number of nitrogens with one attached hydrogen (secondary N) is 2. The summed E-state index contributed by atoms with van der Waals surface area (Å²) in [4.78, 5) is 88.2. The fourth-order valence-electron chi connectivity index (χ4n) is 5.45. The average molecular weight is 910 g/mol. The maximum absolute atomic E-state index is 12.7. The van der Waals surface area contributed by atoms with Crippen LogP contribution in [0, 0.1) is 11.3 Å². The molecule has 1 aliphatic rings. The van der Waals surface area contributed by atoms with Crippen LogP contribution in [0.4, 0.5) is 5.82 Å². The topological polar surface area (TPSA) is 384 Å². The van der Waals surface area contributed by atoms with Crippen LogP contribution in [0.2, 0.25) is 0 Å². The Labute approximate surface area is 336 Å². The van der Waals surface area contributed by atoms with Crippen LogP contribution in [0.1, 0.15) is 59.6 Å². The minimum Gasteiger partial charge on any atom is -0.392 e. The second kappa shape index (κ2) is 21.4. The van der Waals surface area contributed by atoms with Gasteiger partial charge in [-0.3, -0.25) is 32.5 Å². The van der Waals surface area contributed by atoms with E-state index in [-0.39, 0.29) is 47.4 Å². The van der Waals surface area contributed by atoms with E-state index in [0.717, 1.165) is 35.4 Å².